The maximum absolute atomic E-state index is 4.58. The van der Waals surface area contributed by atoms with Gasteiger partial charge in [0.2, 0.25) is 0 Å². The molecule has 1 aromatic heterocycles. The number of anilines is 2. The lowest BCUT2D eigenvalue weighted by Gasteiger charge is -2.29. The molecule has 19 heavy (non-hydrogen) atoms. The molecule has 0 amide bonds. The van der Waals surface area contributed by atoms with Crippen molar-refractivity contribution >= 4 is 11.6 Å². The van der Waals surface area contributed by atoms with Crippen molar-refractivity contribution in [2.75, 3.05) is 36.4 Å². The van der Waals surface area contributed by atoms with E-state index in [1.807, 2.05) is 6.92 Å². The van der Waals surface area contributed by atoms with Gasteiger partial charge in [-0.3, -0.25) is 0 Å². The zero-order chi connectivity index (χ0) is 13.1. The lowest BCUT2D eigenvalue weighted by Crippen LogP contribution is -2.44. The number of hydrogen-bond acceptors (Lipinski definition) is 5. The summed E-state index contributed by atoms with van der Waals surface area (Å²) in [5.74, 6) is 2.92. The Hall–Kier alpha value is -1.36. The Kier molecular flexibility index (Phi) is 3.82. The molecule has 1 saturated heterocycles. The summed E-state index contributed by atoms with van der Waals surface area (Å²) in [7, 11) is 0. The van der Waals surface area contributed by atoms with Gasteiger partial charge in [0.1, 0.15) is 17.5 Å². The smallest absolute Gasteiger partial charge is 0.134 e. The topological polar surface area (TPSA) is 53.1 Å². The van der Waals surface area contributed by atoms with Crippen molar-refractivity contribution in [3.05, 3.63) is 11.9 Å². The molecule has 0 radical (unpaired) electrons. The fraction of sp³-hybridized carbons (Fsp3) is 0.714. The molecule has 0 unspecified atom stereocenters. The Labute approximate surface area is 114 Å². The van der Waals surface area contributed by atoms with Gasteiger partial charge in [-0.25, -0.2) is 9.97 Å². The van der Waals surface area contributed by atoms with E-state index in [0.717, 1.165) is 43.6 Å². The van der Waals surface area contributed by atoms with E-state index in [-0.39, 0.29) is 0 Å². The molecule has 2 N–H and O–H groups in total. The molecule has 1 saturated carbocycles. The standard InChI is InChI=1S/C14H23N5/c1-11-16-13(18-12-4-2-3-5-12)10-14(17-11)19-8-6-15-7-9-19/h10,12,15H,2-9H2,1H3,(H,16,17,18). The van der Waals surface area contributed by atoms with E-state index in [1.54, 1.807) is 0 Å². The van der Waals surface area contributed by atoms with Crippen molar-refractivity contribution in [1.82, 2.24) is 15.3 Å². The lowest BCUT2D eigenvalue weighted by atomic mass is 10.2. The highest BCUT2D eigenvalue weighted by Gasteiger charge is 2.17. The highest BCUT2D eigenvalue weighted by Crippen LogP contribution is 2.23. The average molecular weight is 261 g/mol. The number of rotatable bonds is 3. The number of aryl methyl sites for hydroxylation is 1. The van der Waals surface area contributed by atoms with E-state index < -0.39 is 0 Å². The summed E-state index contributed by atoms with van der Waals surface area (Å²) in [6.07, 6.45) is 5.22. The van der Waals surface area contributed by atoms with Crippen LogP contribution in [0.4, 0.5) is 11.6 Å². The normalized spacial score (nSPS) is 20.8. The predicted octanol–water partition coefficient (Wildman–Crippen LogP) is 1.55. The monoisotopic (exact) mass is 261 g/mol. The summed E-state index contributed by atoms with van der Waals surface area (Å²) >= 11 is 0. The van der Waals surface area contributed by atoms with Gasteiger partial charge in [0.25, 0.3) is 0 Å². The summed E-state index contributed by atoms with van der Waals surface area (Å²) in [6.45, 7) is 6.10. The van der Waals surface area contributed by atoms with Crippen LogP contribution < -0.4 is 15.5 Å². The summed E-state index contributed by atoms with van der Waals surface area (Å²) < 4.78 is 0. The Morgan fingerprint density at radius 3 is 2.68 bits per heavy atom. The largest absolute Gasteiger partial charge is 0.367 e. The zero-order valence-corrected chi connectivity index (χ0v) is 11.7. The second-order valence-electron chi connectivity index (χ2n) is 5.52. The maximum Gasteiger partial charge on any atom is 0.134 e. The van der Waals surface area contributed by atoms with Gasteiger partial charge in [-0.15, -0.1) is 0 Å². The van der Waals surface area contributed by atoms with E-state index in [0.29, 0.717) is 6.04 Å². The predicted molar refractivity (Wildman–Crippen MR) is 77.7 cm³/mol. The average Bonchev–Trinajstić information content (AvgIpc) is 2.92. The summed E-state index contributed by atoms with van der Waals surface area (Å²) in [6, 6.07) is 2.71. The molecule has 0 atom stereocenters. The van der Waals surface area contributed by atoms with Crippen molar-refractivity contribution in [3.63, 3.8) is 0 Å². The zero-order valence-electron chi connectivity index (χ0n) is 11.7. The Morgan fingerprint density at radius 2 is 1.95 bits per heavy atom. The van der Waals surface area contributed by atoms with Gasteiger partial charge in [-0.05, 0) is 19.8 Å². The third kappa shape index (κ3) is 3.15. The first-order valence-electron chi connectivity index (χ1n) is 7.39. The quantitative estimate of drug-likeness (QED) is 0.864. The number of nitrogens with zero attached hydrogens (tertiary/aromatic N) is 3. The van der Waals surface area contributed by atoms with Gasteiger partial charge in [0, 0.05) is 38.3 Å². The minimum absolute atomic E-state index is 0.602. The first kappa shape index (κ1) is 12.7. The molecule has 1 aliphatic carbocycles. The Bertz CT molecular complexity index is 422. The van der Waals surface area contributed by atoms with E-state index in [2.05, 4.69) is 31.6 Å². The number of aromatic nitrogens is 2. The van der Waals surface area contributed by atoms with Gasteiger partial charge in [0.15, 0.2) is 0 Å². The van der Waals surface area contributed by atoms with Crippen LogP contribution in [0.5, 0.6) is 0 Å². The van der Waals surface area contributed by atoms with Gasteiger partial charge in [-0.2, -0.15) is 0 Å². The SMILES string of the molecule is Cc1nc(NC2CCCC2)cc(N2CCNCC2)n1. The van der Waals surface area contributed by atoms with Crippen LogP contribution in [0.25, 0.3) is 0 Å². The minimum Gasteiger partial charge on any atom is -0.367 e. The fourth-order valence-electron chi connectivity index (χ4n) is 2.96. The molecule has 1 aromatic rings. The highest BCUT2D eigenvalue weighted by atomic mass is 15.2. The van der Waals surface area contributed by atoms with Crippen molar-refractivity contribution in [2.45, 2.75) is 38.6 Å². The fourth-order valence-corrected chi connectivity index (χ4v) is 2.96. The molecule has 104 valence electrons. The van der Waals surface area contributed by atoms with Crippen molar-refractivity contribution in [3.8, 4) is 0 Å². The molecule has 2 heterocycles. The van der Waals surface area contributed by atoms with Crippen LogP contribution in [0.2, 0.25) is 0 Å². The van der Waals surface area contributed by atoms with Gasteiger partial charge >= 0.3 is 0 Å². The molecule has 5 heteroatoms. The van der Waals surface area contributed by atoms with E-state index >= 15 is 0 Å². The van der Waals surface area contributed by atoms with E-state index in [4.69, 9.17) is 0 Å². The van der Waals surface area contributed by atoms with Crippen LogP contribution in [-0.2, 0) is 0 Å². The number of nitrogens with one attached hydrogen (secondary N) is 2. The highest BCUT2D eigenvalue weighted by molar-refractivity contribution is 5.50. The molecular formula is C14H23N5. The lowest BCUT2D eigenvalue weighted by molar-refractivity contribution is 0.584. The van der Waals surface area contributed by atoms with Crippen LogP contribution in [0.3, 0.4) is 0 Å². The molecule has 0 bridgehead atoms. The Morgan fingerprint density at radius 1 is 1.21 bits per heavy atom. The summed E-state index contributed by atoms with van der Waals surface area (Å²) in [4.78, 5) is 11.4. The van der Waals surface area contributed by atoms with Crippen LogP contribution in [0, 0.1) is 6.92 Å². The molecule has 0 spiro atoms. The molecule has 5 nitrogen and oxygen atoms in total. The van der Waals surface area contributed by atoms with Gasteiger partial charge in [-0.1, -0.05) is 12.8 Å². The van der Waals surface area contributed by atoms with Crippen molar-refractivity contribution < 1.29 is 0 Å². The van der Waals surface area contributed by atoms with Crippen LogP contribution in [0.1, 0.15) is 31.5 Å². The second kappa shape index (κ2) is 5.74. The number of piperazine rings is 1. The molecule has 0 aromatic carbocycles. The first-order chi connectivity index (χ1) is 9.31. The maximum atomic E-state index is 4.58. The first-order valence-corrected chi connectivity index (χ1v) is 7.39. The summed E-state index contributed by atoms with van der Waals surface area (Å²) in [5.41, 5.74) is 0. The molecule has 1 aliphatic heterocycles. The third-order valence-electron chi connectivity index (χ3n) is 3.97. The molecule has 3 rings (SSSR count). The second-order valence-corrected chi connectivity index (χ2v) is 5.52. The number of hydrogen-bond donors (Lipinski definition) is 2. The molecule has 2 fully saturated rings. The summed E-state index contributed by atoms with van der Waals surface area (Å²) in [5, 5.41) is 6.94. The minimum atomic E-state index is 0.602. The van der Waals surface area contributed by atoms with Crippen LogP contribution in [0.15, 0.2) is 6.07 Å². The van der Waals surface area contributed by atoms with Gasteiger partial charge < -0.3 is 15.5 Å². The van der Waals surface area contributed by atoms with Crippen LogP contribution >= 0.6 is 0 Å². The van der Waals surface area contributed by atoms with Crippen molar-refractivity contribution in [2.24, 2.45) is 0 Å². The third-order valence-corrected chi connectivity index (χ3v) is 3.97. The van der Waals surface area contributed by atoms with Gasteiger partial charge in [0.05, 0.1) is 0 Å². The molecular weight excluding hydrogens is 238 g/mol. The van der Waals surface area contributed by atoms with E-state index in [9.17, 15) is 0 Å². The molecule has 2 aliphatic rings. The van der Waals surface area contributed by atoms with E-state index in [1.165, 1.54) is 25.7 Å². The van der Waals surface area contributed by atoms with Crippen molar-refractivity contribution in [1.29, 1.82) is 0 Å². The Balaban J connectivity index is 1.74. The van der Waals surface area contributed by atoms with Crippen LogP contribution in [-0.4, -0.2) is 42.2 Å².